The quantitative estimate of drug-likeness (QED) is 0.467. The lowest BCUT2D eigenvalue weighted by Gasteiger charge is -2.20. The molecule has 0 spiro atoms. The predicted molar refractivity (Wildman–Crippen MR) is 118 cm³/mol. The fourth-order valence-corrected chi connectivity index (χ4v) is 4.38. The van der Waals surface area contributed by atoms with E-state index in [2.05, 4.69) is 31.2 Å². The molecule has 2 aromatic carbocycles. The van der Waals surface area contributed by atoms with E-state index in [0.717, 1.165) is 41.4 Å². The summed E-state index contributed by atoms with van der Waals surface area (Å²) in [7, 11) is -3.73. The Hall–Kier alpha value is -2.19. The van der Waals surface area contributed by atoms with Crippen LogP contribution < -0.4 is 10.1 Å². The highest BCUT2D eigenvalue weighted by Crippen LogP contribution is 2.25. The fourth-order valence-electron chi connectivity index (χ4n) is 3.26. The van der Waals surface area contributed by atoms with E-state index in [1.54, 1.807) is 31.2 Å². The van der Waals surface area contributed by atoms with Gasteiger partial charge in [-0.1, -0.05) is 47.3 Å². The molecule has 0 bridgehead atoms. The highest BCUT2D eigenvalue weighted by atomic mass is 79.9. The lowest BCUT2D eigenvalue weighted by Crippen LogP contribution is -2.24. The summed E-state index contributed by atoms with van der Waals surface area (Å²) in [6.45, 7) is 1.72. The average Bonchev–Trinajstić information content (AvgIpc) is 2.73. The molecular weight excluding hydrogens is 454 g/mol. The van der Waals surface area contributed by atoms with Crippen LogP contribution in [0.3, 0.4) is 0 Å². The highest BCUT2D eigenvalue weighted by molar-refractivity contribution is 9.10. The molecular formula is C21H24BrN3O3S. The Balaban J connectivity index is 1.62. The van der Waals surface area contributed by atoms with Crippen LogP contribution in [0.5, 0.6) is 0 Å². The van der Waals surface area contributed by atoms with Crippen molar-refractivity contribution in [3.63, 3.8) is 0 Å². The van der Waals surface area contributed by atoms with Crippen LogP contribution in [0.2, 0.25) is 0 Å². The molecule has 2 aromatic rings. The Bertz CT molecular complexity index is 981. The van der Waals surface area contributed by atoms with Crippen LogP contribution in [0.15, 0.2) is 63.0 Å². The number of hydrogen-bond acceptors (Lipinski definition) is 4. The highest BCUT2D eigenvalue weighted by Gasteiger charge is 2.21. The van der Waals surface area contributed by atoms with Crippen molar-refractivity contribution in [3.8, 4) is 0 Å². The van der Waals surface area contributed by atoms with Crippen LogP contribution in [0.4, 0.5) is 5.69 Å². The number of nitrogens with one attached hydrogen (secondary N) is 2. The van der Waals surface area contributed by atoms with Crippen molar-refractivity contribution in [2.75, 3.05) is 5.32 Å². The molecule has 29 heavy (non-hydrogen) atoms. The number of hydrazone groups is 1. The molecule has 8 heteroatoms. The number of hydrogen-bond donors (Lipinski definition) is 2. The third kappa shape index (κ3) is 5.90. The lowest BCUT2D eigenvalue weighted by atomic mass is 9.88. The standard InChI is InChI=1S/C21H24BrN3O3S/c1-15(24-25-29(27,28)20-13-9-18(22)10-14-20)16-7-11-19(12-8-16)23-21(26)17-5-3-2-4-6-17/h7-14,17,25H,2-6H2,1H3,(H,23,26)/b24-15+. The number of benzene rings is 2. The molecule has 0 aromatic heterocycles. The van der Waals surface area contributed by atoms with Gasteiger partial charge in [-0.2, -0.15) is 18.4 Å². The molecule has 154 valence electrons. The molecule has 0 radical (unpaired) electrons. The normalized spacial score (nSPS) is 15.7. The smallest absolute Gasteiger partial charge is 0.276 e. The van der Waals surface area contributed by atoms with Crippen molar-refractivity contribution in [1.82, 2.24) is 4.83 Å². The number of carbonyl (C=O) groups is 1. The Morgan fingerprint density at radius 1 is 1.00 bits per heavy atom. The van der Waals surface area contributed by atoms with Gasteiger partial charge >= 0.3 is 0 Å². The molecule has 1 saturated carbocycles. The molecule has 3 rings (SSSR count). The van der Waals surface area contributed by atoms with Gasteiger partial charge in [0.15, 0.2) is 0 Å². The summed E-state index contributed by atoms with van der Waals surface area (Å²) in [4.78, 5) is 14.7. The van der Waals surface area contributed by atoms with Gasteiger partial charge < -0.3 is 5.32 Å². The average molecular weight is 478 g/mol. The van der Waals surface area contributed by atoms with Crippen molar-refractivity contribution in [1.29, 1.82) is 0 Å². The van der Waals surface area contributed by atoms with Gasteiger partial charge in [0, 0.05) is 16.1 Å². The van der Waals surface area contributed by atoms with Crippen LogP contribution in [-0.4, -0.2) is 20.0 Å². The molecule has 0 unspecified atom stereocenters. The van der Waals surface area contributed by atoms with Crippen LogP contribution in [0.25, 0.3) is 0 Å². The van der Waals surface area contributed by atoms with Crippen LogP contribution >= 0.6 is 15.9 Å². The first-order valence-electron chi connectivity index (χ1n) is 9.58. The van der Waals surface area contributed by atoms with Crippen molar-refractivity contribution >= 4 is 43.3 Å². The van der Waals surface area contributed by atoms with E-state index in [9.17, 15) is 13.2 Å². The molecule has 1 aliphatic carbocycles. The van der Waals surface area contributed by atoms with Gasteiger partial charge in [-0.25, -0.2) is 0 Å². The molecule has 2 N–H and O–H groups in total. The summed E-state index contributed by atoms with van der Waals surface area (Å²) >= 11 is 3.28. The summed E-state index contributed by atoms with van der Waals surface area (Å²) in [5, 5.41) is 6.97. The Kier molecular flexibility index (Phi) is 7.08. The number of amides is 1. The largest absolute Gasteiger partial charge is 0.326 e. The maximum absolute atomic E-state index is 12.3. The minimum absolute atomic E-state index is 0.0742. The summed E-state index contributed by atoms with van der Waals surface area (Å²) in [5.74, 6) is 0.171. The minimum atomic E-state index is -3.73. The number of rotatable bonds is 6. The number of halogens is 1. The van der Waals surface area contributed by atoms with E-state index in [1.165, 1.54) is 18.6 Å². The first-order chi connectivity index (χ1) is 13.8. The SMILES string of the molecule is C/C(=N\NS(=O)(=O)c1ccc(Br)cc1)c1ccc(NC(=O)C2CCCCC2)cc1. The van der Waals surface area contributed by atoms with Gasteiger partial charge in [-0.15, -0.1) is 0 Å². The molecule has 0 aliphatic heterocycles. The predicted octanol–water partition coefficient (Wildman–Crippen LogP) is 4.67. The number of carbonyl (C=O) groups excluding carboxylic acids is 1. The second-order valence-corrected chi connectivity index (χ2v) is 9.72. The maximum atomic E-state index is 12.3. The Morgan fingerprint density at radius 2 is 1.62 bits per heavy atom. The minimum Gasteiger partial charge on any atom is -0.326 e. The molecule has 1 aliphatic rings. The van der Waals surface area contributed by atoms with Gasteiger partial charge in [0.25, 0.3) is 10.0 Å². The maximum Gasteiger partial charge on any atom is 0.276 e. The number of anilines is 1. The zero-order chi connectivity index (χ0) is 20.9. The van der Waals surface area contributed by atoms with Gasteiger partial charge in [-0.3, -0.25) is 4.79 Å². The number of sulfonamides is 1. The van der Waals surface area contributed by atoms with E-state index < -0.39 is 10.0 Å². The summed E-state index contributed by atoms with van der Waals surface area (Å²) < 4.78 is 25.4. The molecule has 0 atom stereocenters. The van der Waals surface area contributed by atoms with Gasteiger partial charge in [0.1, 0.15) is 0 Å². The third-order valence-electron chi connectivity index (χ3n) is 5.00. The lowest BCUT2D eigenvalue weighted by molar-refractivity contribution is -0.120. The molecule has 1 amide bonds. The first kappa shape index (κ1) is 21.5. The Morgan fingerprint density at radius 3 is 2.24 bits per heavy atom. The van der Waals surface area contributed by atoms with Gasteiger partial charge in [0.05, 0.1) is 10.6 Å². The summed E-state index contributed by atoms with van der Waals surface area (Å²) in [5.41, 5.74) is 2.02. The number of nitrogens with zero attached hydrogens (tertiary/aromatic N) is 1. The fraction of sp³-hybridized carbons (Fsp3) is 0.333. The molecule has 0 heterocycles. The van der Waals surface area contributed by atoms with E-state index >= 15 is 0 Å². The first-order valence-corrected chi connectivity index (χ1v) is 11.9. The van der Waals surface area contributed by atoms with Crippen LogP contribution in [0.1, 0.15) is 44.6 Å². The van der Waals surface area contributed by atoms with Gasteiger partial charge in [0.2, 0.25) is 5.91 Å². The topological polar surface area (TPSA) is 87.6 Å². The zero-order valence-corrected chi connectivity index (χ0v) is 18.6. The van der Waals surface area contributed by atoms with E-state index in [4.69, 9.17) is 0 Å². The zero-order valence-electron chi connectivity index (χ0n) is 16.2. The van der Waals surface area contributed by atoms with E-state index in [0.29, 0.717) is 5.71 Å². The monoisotopic (exact) mass is 477 g/mol. The summed E-state index contributed by atoms with van der Waals surface area (Å²) in [6, 6.07) is 13.5. The van der Waals surface area contributed by atoms with Gasteiger partial charge in [-0.05, 0) is 61.7 Å². The third-order valence-corrected chi connectivity index (χ3v) is 6.76. The van der Waals surface area contributed by atoms with E-state index in [-0.39, 0.29) is 16.7 Å². The second-order valence-electron chi connectivity index (χ2n) is 7.15. The van der Waals surface area contributed by atoms with E-state index in [1.807, 2.05) is 12.1 Å². The van der Waals surface area contributed by atoms with Crippen LogP contribution in [-0.2, 0) is 14.8 Å². The van der Waals surface area contributed by atoms with Crippen molar-refractivity contribution in [2.45, 2.75) is 43.9 Å². The second kappa shape index (κ2) is 9.54. The van der Waals surface area contributed by atoms with Crippen molar-refractivity contribution in [2.24, 2.45) is 11.0 Å². The van der Waals surface area contributed by atoms with Crippen molar-refractivity contribution in [3.05, 3.63) is 58.6 Å². The van der Waals surface area contributed by atoms with Crippen molar-refractivity contribution < 1.29 is 13.2 Å². The Labute approximate surface area is 180 Å². The molecule has 1 fully saturated rings. The summed E-state index contributed by atoms with van der Waals surface area (Å²) in [6.07, 6.45) is 5.34. The van der Waals surface area contributed by atoms with Crippen LogP contribution in [0, 0.1) is 5.92 Å². The molecule has 6 nitrogen and oxygen atoms in total. The molecule has 0 saturated heterocycles.